The molecule has 1 N–H and O–H groups in total. The van der Waals surface area contributed by atoms with Gasteiger partial charge in [-0.2, -0.15) is 0 Å². The molecule has 0 aliphatic heterocycles. The van der Waals surface area contributed by atoms with E-state index in [4.69, 9.17) is 4.74 Å². The smallest absolute Gasteiger partial charge is 0.213 e. The first-order valence-electron chi connectivity index (χ1n) is 6.59. The van der Waals surface area contributed by atoms with Crippen LogP contribution >= 0.6 is 0 Å². The zero-order valence-electron chi connectivity index (χ0n) is 11.2. The Balaban J connectivity index is 2.47. The van der Waals surface area contributed by atoms with E-state index in [0.29, 0.717) is 0 Å². The Hall–Kier alpha value is -1.09. The normalized spacial score (nSPS) is 12.4. The van der Waals surface area contributed by atoms with Crippen molar-refractivity contribution in [1.29, 1.82) is 0 Å². The zero-order valence-corrected chi connectivity index (χ0v) is 11.2. The molecule has 1 aromatic heterocycles. The van der Waals surface area contributed by atoms with Gasteiger partial charge in [-0.15, -0.1) is 0 Å². The average Bonchev–Trinajstić information content (AvgIpc) is 2.30. The summed E-state index contributed by atoms with van der Waals surface area (Å²) in [4.78, 5) is 4.48. The van der Waals surface area contributed by atoms with E-state index >= 15 is 0 Å². The molecule has 96 valence electrons. The molecule has 0 saturated heterocycles. The van der Waals surface area contributed by atoms with Gasteiger partial charge in [0.2, 0.25) is 5.88 Å². The molecule has 1 heterocycles. The fourth-order valence-electron chi connectivity index (χ4n) is 1.69. The SMILES string of the molecule is CCCNCc1cccc(OC(C)CCC)n1. The maximum atomic E-state index is 5.76. The summed E-state index contributed by atoms with van der Waals surface area (Å²) in [5, 5.41) is 3.34. The topological polar surface area (TPSA) is 34.1 Å². The fourth-order valence-corrected chi connectivity index (χ4v) is 1.69. The van der Waals surface area contributed by atoms with Crippen molar-refractivity contribution in [2.24, 2.45) is 0 Å². The second-order valence-electron chi connectivity index (χ2n) is 4.36. The second kappa shape index (κ2) is 8.07. The van der Waals surface area contributed by atoms with Crippen molar-refractivity contribution in [3.05, 3.63) is 23.9 Å². The maximum Gasteiger partial charge on any atom is 0.213 e. The first kappa shape index (κ1) is 14.0. The van der Waals surface area contributed by atoms with Gasteiger partial charge in [0.1, 0.15) is 0 Å². The van der Waals surface area contributed by atoms with Gasteiger partial charge < -0.3 is 10.1 Å². The highest BCUT2D eigenvalue weighted by molar-refractivity contribution is 5.15. The zero-order chi connectivity index (χ0) is 12.5. The van der Waals surface area contributed by atoms with Crippen LogP contribution in [0.25, 0.3) is 0 Å². The van der Waals surface area contributed by atoms with Crippen LogP contribution in [0.5, 0.6) is 5.88 Å². The van der Waals surface area contributed by atoms with E-state index in [1.165, 1.54) is 0 Å². The number of ether oxygens (including phenoxy) is 1. The van der Waals surface area contributed by atoms with Crippen LogP contribution in [0, 0.1) is 0 Å². The average molecular weight is 236 g/mol. The first-order chi connectivity index (χ1) is 8.26. The minimum Gasteiger partial charge on any atom is -0.475 e. The highest BCUT2D eigenvalue weighted by Crippen LogP contribution is 2.11. The minimum atomic E-state index is 0.242. The van der Waals surface area contributed by atoms with Crippen molar-refractivity contribution < 1.29 is 4.74 Å². The lowest BCUT2D eigenvalue weighted by Crippen LogP contribution is -2.16. The van der Waals surface area contributed by atoms with Gasteiger partial charge in [0.15, 0.2) is 0 Å². The first-order valence-corrected chi connectivity index (χ1v) is 6.59. The van der Waals surface area contributed by atoms with E-state index in [9.17, 15) is 0 Å². The van der Waals surface area contributed by atoms with Crippen molar-refractivity contribution in [2.75, 3.05) is 6.54 Å². The maximum absolute atomic E-state index is 5.76. The lowest BCUT2D eigenvalue weighted by molar-refractivity contribution is 0.201. The summed E-state index contributed by atoms with van der Waals surface area (Å²) >= 11 is 0. The molecule has 0 spiro atoms. The van der Waals surface area contributed by atoms with Crippen LogP contribution < -0.4 is 10.1 Å². The van der Waals surface area contributed by atoms with Gasteiger partial charge in [0, 0.05) is 12.6 Å². The highest BCUT2D eigenvalue weighted by atomic mass is 16.5. The van der Waals surface area contributed by atoms with Gasteiger partial charge in [-0.3, -0.25) is 0 Å². The Bertz CT molecular complexity index is 315. The lowest BCUT2D eigenvalue weighted by atomic mass is 10.2. The molecule has 1 aromatic rings. The van der Waals surface area contributed by atoms with Gasteiger partial charge in [0.25, 0.3) is 0 Å². The summed E-state index contributed by atoms with van der Waals surface area (Å²) in [6, 6.07) is 5.96. The van der Waals surface area contributed by atoms with Crippen LogP contribution in [0.15, 0.2) is 18.2 Å². The van der Waals surface area contributed by atoms with Gasteiger partial charge in [-0.25, -0.2) is 4.98 Å². The van der Waals surface area contributed by atoms with E-state index in [1.54, 1.807) is 0 Å². The van der Waals surface area contributed by atoms with Gasteiger partial charge >= 0.3 is 0 Å². The Morgan fingerprint density at radius 3 is 2.82 bits per heavy atom. The molecule has 0 saturated carbocycles. The van der Waals surface area contributed by atoms with Crippen molar-refractivity contribution >= 4 is 0 Å². The standard InChI is InChI=1S/C14H24N2O/c1-4-7-12(3)17-14-9-6-8-13(16-14)11-15-10-5-2/h6,8-9,12,15H,4-5,7,10-11H2,1-3H3. The predicted molar refractivity (Wildman–Crippen MR) is 71.2 cm³/mol. The number of aromatic nitrogens is 1. The van der Waals surface area contributed by atoms with E-state index in [1.807, 2.05) is 18.2 Å². The molecule has 17 heavy (non-hydrogen) atoms. The summed E-state index contributed by atoms with van der Waals surface area (Å²) < 4.78 is 5.76. The monoisotopic (exact) mass is 236 g/mol. The number of hydrogen-bond acceptors (Lipinski definition) is 3. The van der Waals surface area contributed by atoms with Crippen molar-refractivity contribution in [2.45, 2.75) is 52.7 Å². The predicted octanol–water partition coefficient (Wildman–Crippen LogP) is 3.15. The minimum absolute atomic E-state index is 0.242. The Labute approximate surface area is 105 Å². The van der Waals surface area contributed by atoms with Gasteiger partial charge in [-0.05, 0) is 32.4 Å². The third-order valence-corrected chi connectivity index (χ3v) is 2.53. The molecule has 0 aliphatic carbocycles. The largest absolute Gasteiger partial charge is 0.475 e. The molecule has 0 aromatic carbocycles. The van der Waals surface area contributed by atoms with Crippen LogP contribution in [0.3, 0.4) is 0 Å². The van der Waals surface area contributed by atoms with E-state index in [-0.39, 0.29) is 6.10 Å². The van der Waals surface area contributed by atoms with Gasteiger partial charge in [-0.1, -0.05) is 26.3 Å². The Morgan fingerprint density at radius 2 is 2.12 bits per heavy atom. The van der Waals surface area contributed by atoms with Crippen molar-refractivity contribution in [3.63, 3.8) is 0 Å². The molecule has 3 nitrogen and oxygen atoms in total. The van der Waals surface area contributed by atoms with Crippen LogP contribution in [0.4, 0.5) is 0 Å². The van der Waals surface area contributed by atoms with E-state index in [0.717, 1.165) is 43.9 Å². The molecular formula is C14H24N2O. The molecule has 0 fully saturated rings. The third kappa shape index (κ3) is 5.68. The summed E-state index contributed by atoms with van der Waals surface area (Å²) in [7, 11) is 0. The van der Waals surface area contributed by atoms with E-state index < -0.39 is 0 Å². The molecule has 0 aliphatic rings. The highest BCUT2D eigenvalue weighted by Gasteiger charge is 2.04. The number of rotatable bonds is 8. The van der Waals surface area contributed by atoms with Crippen LogP contribution in [0.1, 0.15) is 45.7 Å². The number of nitrogens with zero attached hydrogens (tertiary/aromatic N) is 1. The summed E-state index contributed by atoms with van der Waals surface area (Å²) in [6.45, 7) is 8.25. The van der Waals surface area contributed by atoms with Crippen molar-refractivity contribution in [1.82, 2.24) is 10.3 Å². The van der Waals surface area contributed by atoms with E-state index in [2.05, 4.69) is 31.1 Å². The quantitative estimate of drug-likeness (QED) is 0.704. The van der Waals surface area contributed by atoms with Crippen LogP contribution in [-0.4, -0.2) is 17.6 Å². The number of pyridine rings is 1. The molecule has 1 atom stereocenters. The van der Waals surface area contributed by atoms with Crippen molar-refractivity contribution in [3.8, 4) is 5.88 Å². The van der Waals surface area contributed by atoms with Crippen LogP contribution in [-0.2, 0) is 6.54 Å². The lowest BCUT2D eigenvalue weighted by Gasteiger charge is -2.13. The van der Waals surface area contributed by atoms with Gasteiger partial charge in [0.05, 0.1) is 11.8 Å². The summed E-state index contributed by atoms with van der Waals surface area (Å²) in [5.41, 5.74) is 1.04. The summed E-state index contributed by atoms with van der Waals surface area (Å²) in [6.07, 6.45) is 3.59. The number of hydrogen-bond donors (Lipinski definition) is 1. The second-order valence-corrected chi connectivity index (χ2v) is 4.36. The molecule has 0 amide bonds. The molecule has 1 unspecified atom stereocenters. The third-order valence-electron chi connectivity index (χ3n) is 2.53. The molecule has 1 rings (SSSR count). The Morgan fingerprint density at radius 1 is 1.29 bits per heavy atom. The molecule has 0 bridgehead atoms. The molecular weight excluding hydrogens is 212 g/mol. The number of nitrogens with one attached hydrogen (secondary N) is 1. The fraction of sp³-hybridized carbons (Fsp3) is 0.643. The summed E-state index contributed by atoms with van der Waals surface area (Å²) in [5.74, 6) is 0.738. The molecule has 3 heteroatoms. The molecule has 0 radical (unpaired) electrons. The Kier molecular flexibility index (Phi) is 6.63. The van der Waals surface area contributed by atoms with Crippen LogP contribution in [0.2, 0.25) is 0 Å².